The molecule has 0 aromatic rings. The number of aliphatic hydroxyl groups is 1. The van der Waals surface area contributed by atoms with E-state index in [4.69, 9.17) is 4.74 Å². The molecule has 1 aliphatic heterocycles. The van der Waals surface area contributed by atoms with E-state index in [9.17, 15) is 9.90 Å². The molecule has 1 saturated carbocycles. The van der Waals surface area contributed by atoms with Crippen LogP contribution < -0.4 is 0 Å². The predicted octanol–water partition coefficient (Wildman–Crippen LogP) is 0.786. The number of nitrogens with zero attached hydrogens (tertiary/aromatic N) is 1. The highest BCUT2D eigenvalue weighted by molar-refractivity contribution is 5.79. The van der Waals surface area contributed by atoms with Crippen LogP contribution in [0.1, 0.15) is 32.1 Å². The van der Waals surface area contributed by atoms with Crippen LogP contribution in [0.3, 0.4) is 0 Å². The number of hydrogen-bond acceptors (Lipinski definition) is 3. The van der Waals surface area contributed by atoms with Gasteiger partial charge >= 0.3 is 0 Å². The van der Waals surface area contributed by atoms with Gasteiger partial charge in [0.05, 0.1) is 5.60 Å². The van der Waals surface area contributed by atoms with Crippen LogP contribution in [-0.4, -0.2) is 48.3 Å². The Bertz CT molecular complexity index is 257. The van der Waals surface area contributed by atoms with Crippen LogP contribution in [0.4, 0.5) is 0 Å². The Hall–Kier alpha value is -0.610. The normalized spacial score (nSPS) is 24.9. The molecular formula is C12H21NO3. The summed E-state index contributed by atoms with van der Waals surface area (Å²) in [6.07, 6.45) is 4.47. The number of ether oxygens (including phenoxy) is 1. The lowest BCUT2D eigenvalue weighted by atomic mass is 9.84. The summed E-state index contributed by atoms with van der Waals surface area (Å²) in [5.41, 5.74) is -0.730. The van der Waals surface area contributed by atoms with Gasteiger partial charge in [-0.2, -0.15) is 0 Å². The van der Waals surface area contributed by atoms with Crippen LogP contribution in [0.5, 0.6) is 0 Å². The van der Waals surface area contributed by atoms with Crippen molar-refractivity contribution < 1.29 is 14.6 Å². The summed E-state index contributed by atoms with van der Waals surface area (Å²) in [5.74, 6) is 0.416. The lowest BCUT2D eigenvalue weighted by Gasteiger charge is -2.37. The molecule has 1 N–H and O–H groups in total. The summed E-state index contributed by atoms with van der Waals surface area (Å²) in [5, 5.41) is 10.3. The van der Waals surface area contributed by atoms with Crippen LogP contribution in [0.25, 0.3) is 0 Å². The zero-order chi connectivity index (χ0) is 11.6. The first kappa shape index (κ1) is 11.9. The maximum Gasteiger partial charge on any atom is 0.225 e. The zero-order valence-corrected chi connectivity index (χ0v) is 9.95. The maximum atomic E-state index is 11.9. The third kappa shape index (κ3) is 2.55. The molecule has 0 unspecified atom stereocenters. The Labute approximate surface area is 96.6 Å². The molecule has 2 rings (SSSR count). The number of rotatable bonds is 3. The van der Waals surface area contributed by atoms with Crippen molar-refractivity contribution in [2.75, 3.05) is 26.8 Å². The minimum atomic E-state index is -0.730. The van der Waals surface area contributed by atoms with Crippen molar-refractivity contribution >= 4 is 5.91 Å². The number of likely N-dealkylation sites (N-methyl/N-ethyl adjacent to an activating group) is 1. The van der Waals surface area contributed by atoms with E-state index in [2.05, 4.69) is 0 Å². The van der Waals surface area contributed by atoms with Gasteiger partial charge in [0.1, 0.15) is 0 Å². The highest BCUT2D eigenvalue weighted by atomic mass is 16.5. The van der Waals surface area contributed by atoms with E-state index in [0.717, 1.165) is 12.8 Å². The highest BCUT2D eigenvalue weighted by Crippen LogP contribution is 2.29. The third-order valence-corrected chi connectivity index (χ3v) is 3.79. The molecule has 92 valence electrons. The van der Waals surface area contributed by atoms with Crippen molar-refractivity contribution in [3.8, 4) is 0 Å². The molecule has 0 aromatic carbocycles. The van der Waals surface area contributed by atoms with E-state index in [1.165, 1.54) is 6.42 Å². The smallest absolute Gasteiger partial charge is 0.225 e. The Balaban J connectivity index is 1.84. The van der Waals surface area contributed by atoms with Gasteiger partial charge in [0.15, 0.2) is 0 Å². The van der Waals surface area contributed by atoms with Gasteiger partial charge in [-0.25, -0.2) is 0 Å². The first-order valence-corrected chi connectivity index (χ1v) is 6.16. The van der Waals surface area contributed by atoms with Crippen molar-refractivity contribution in [3.63, 3.8) is 0 Å². The van der Waals surface area contributed by atoms with Crippen LogP contribution in [0.15, 0.2) is 0 Å². The van der Waals surface area contributed by atoms with Crippen molar-refractivity contribution in [2.24, 2.45) is 5.92 Å². The van der Waals surface area contributed by atoms with E-state index in [-0.39, 0.29) is 11.8 Å². The molecular weight excluding hydrogens is 206 g/mol. The predicted molar refractivity (Wildman–Crippen MR) is 60.0 cm³/mol. The summed E-state index contributed by atoms with van der Waals surface area (Å²) < 4.78 is 5.22. The SMILES string of the molecule is CN(CC1(O)CCOCC1)C(=O)C1CCC1. The van der Waals surface area contributed by atoms with Gasteiger partial charge in [0, 0.05) is 45.6 Å². The van der Waals surface area contributed by atoms with Crippen LogP contribution in [-0.2, 0) is 9.53 Å². The summed E-state index contributed by atoms with van der Waals surface area (Å²) in [4.78, 5) is 13.6. The van der Waals surface area contributed by atoms with E-state index in [1.54, 1.807) is 11.9 Å². The largest absolute Gasteiger partial charge is 0.388 e. The molecule has 1 heterocycles. The summed E-state index contributed by atoms with van der Waals surface area (Å²) >= 11 is 0. The number of carbonyl (C=O) groups excluding carboxylic acids is 1. The number of carbonyl (C=O) groups is 1. The molecule has 0 bridgehead atoms. The average Bonchev–Trinajstić information content (AvgIpc) is 2.15. The van der Waals surface area contributed by atoms with Crippen molar-refractivity contribution in [1.29, 1.82) is 0 Å². The lowest BCUT2D eigenvalue weighted by molar-refractivity contribution is -0.143. The molecule has 1 amide bonds. The molecule has 0 atom stereocenters. The number of hydrogen-bond donors (Lipinski definition) is 1. The molecule has 0 spiro atoms. The fourth-order valence-corrected chi connectivity index (χ4v) is 2.40. The average molecular weight is 227 g/mol. The second-order valence-corrected chi connectivity index (χ2v) is 5.16. The second kappa shape index (κ2) is 4.72. The zero-order valence-electron chi connectivity index (χ0n) is 9.95. The minimum absolute atomic E-state index is 0.200. The molecule has 2 fully saturated rings. The Morgan fingerprint density at radius 3 is 2.56 bits per heavy atom. The van der Waals surface area contributed by atoms with Gasteiger partial charge in [-0.15, -0.1) is 0 Å². The van der Waals surface area contributed by atoms with Gasteiger partial charge in [-0.1, -0.05) is 6.42 Å². The highest BCUT2D eigenvalue weighted by Gasteiger charge is 2.35. The third-order valence-electron chi connectivity index (χ3n) is 3.79. The fraction of sp³-hybridized carbons (Fsp3) is 0.917. The molecule has 0 radical (unpaired) electrons. The topological polar surface area (TPSA) is 49.8 Å². The number of amides is 1. The standard InChI is InChI=1S/C12H21NO3/c1-13(11(14)10-3-2-4-10)9-12(15)5-7-16-8-6-12/h10,15H,2-9H2,1H3. The molecule has 1 aliphatic carbocycles. The monoisotopic (exact) mass is 227 g/mol. The van der Waals surface area contributed by atoms with Crippen molar-refractivity contribution in [3.05, 3.63) is 0 Å². The van der Waals surface area contributed by atoms with Gasteiger partial charge in [0.25, 0.3) is 0 Å². The summed E-state index contributed by atoms with van der Waals surface area (Å²) in [6.45, 7) is 1.65. The van der Waals surface area contributed by atoms with E-state index >= 15 is 0 Å². The maximum absolute atomic E-state index is 11.9. The van der Waals surface area contributed by atoms with Gasteiger partial charge in [-0.3, -0.25) is 4.79 Å². The molecule has 4 heteroatoms. The quantitative estimate of drug-likeness (QED) is 0.775. The van der Waals surface area contributed by atoms with Crippen LogP contribution in [0, 0.1) is 5.92 Å². The first-order valence-electron chi connectivity index (χ1n) is 6.16. The Kier molecular flexibility index (Phi) is 3.50. The van der Waals surface area contributed by atoms with E-state index < -0.39 is 5.60 Å². The van der Waals surface area contributed by atoms with Gasteiger partial charge < -0.3 is 14.7 Å². The summed E-state index contributed by atoms with van der Waals surface area (Å²) in [7, 11) is 1.80. The Morgan fingerprint density at radius 2 is 2.06 bits per heavy atom. The van der Waals surface area contributed by atoms with Crippen LogP contribution >= 0.6 is 0 Å². The Morgan fingerprint density at radius 1 is 1.44 bits per heavy atom. The lowest BCUT2D eigenvalue weighted by Crippen LogP contribution is -2.49. The molecule has 0 aromatic heterocycles. The molecule has 2 aliphatic rings. The first-order chi connectivity index (χ1) is 7.61. The minimum Gasteiger partial charge on any atom is -0.388 e. The van der Waals surface area contributed by atoms with Gasteiger partial charge in [-0.05, 0) is 12.8 Å². The van der Waals surface area contributed by atoms with Crippen LogP contribution in [0.2, 0.25) is 0 Å². The second-order valence-electron chi connectivity index (χ2n) is 5.16. The van der Waals surface area contributed by atoms with Gasteiger partial charge in [0.2, 0.25) is 5.91 Å². The summed E-state index contributed by atoms with van der Waals surface area (Å²) in [6, 6.07) is 0. The molecule has 1 saturated heterocycles. The molecule has 4 nitrogen and oxygen atoms in total. The molecule has 16 heavy (non-hydrogen) atoms. The van der Waals surface area contributed by atoms with Crippen molar-refractivity contribution in [2.45, 2.75) is 37.7 Å². The van der Waals surface area contributed by atoms with Crippen molar-refractivity contribution in [1.82, 2.24) is 4.90 Å². The van der Waals surface area contributed by atoms with E-state index in [0.29, 0.717) is 32.6 Å². The fourth-order valence-electron chi connectivity index (χ4n) is 2.40. The van der Waals surface area contributed by atoms with E-state index in [1.807, 2.05) is 0 Å².